The first-order valence-electron chi connectivity index (χ1n) is 5.83. The average Bonchev–Trinajstić information content (AvgIpc) is 2.29. The van der Waals surface area contributed by atoms with Crippen molar-refractivity contribution in [3.63, 3.8) is 0 Å². The zero-order valence-electron chi connectivity index (χ0n) is 9.86. The van der Waals surface area contributed by atoms with Crippen LogP contribution >= 0.6 is 0 Å². The molecule has 1 aromatic carbocycles. The van der Waals surface area contributed by atoms with E-state index in [4.69, 9.17) is 15.6 Å². The molecule has 1 rings (SSSR count). The summed E-state index contributed by atoms with van der Waals surface area (Å²) < 4.78 is 5.56. The smallest absolute Gasteiger partial charge is 0.119 e. The molecule has 0 bridgehead atoms. The molecule has 0 saturated heterocycles. The van der Waals surface area contributed by atoms with Crippen molar-refractivity contribution >= 4 is 0 Å². The number of nitrogens with two attached hydrogens (primary N) is 1. The van der Waals surface area contributed by atoms with Gasteiger partial charge in [0.05, 0.1) is 6.61 Å². The molecule has 0 spiro atoms. The van der Waals surface area contributed by atoms with Crippen LogP contribution in [0.5, 0.6) is 5.75 Å². The Balaban J connectivity index is 2.27. The second kappa shape index (κ2) is 7.25. The molecule has 16 heavy (non-hydrogen) atoms. The lowest BCUT2D eigenvalue weighted by molar-refractivity contribution is 0.266. The lowest BCUT2D eigenvalue weighted by Crippen LogP contribution is -2.04. The predicted molar refractivity (Wildman–Crippen MR) is 65.5 cm³/mol. The number of ether oxygens (including phenoxy) is 1. The number of aliphatic hydroxyl groups excluding tert-OH is 1. The van der Waals surface area contributed by atoms with Crippen molar-refractivity contribution < 1.29 is 9.84 Å². The van der Waals surface area contributed by atoms with E-state index in [1.165, 1.54) is 0 Å². The summed E-state index contributed by atoms with van der Waals surface area (Å²) in [5, 5.41) is 8.61. The van der Waals surface area contributed by atoms with Gasteiger partial charge in [0, 0.05) is 12.6 Å². The number of hydrogen-bond donors (Lipinski definition) is 2. The maximum Gasteiger partial charge on any atom is 0.119 e. The number of rotatable bonds is 7. The van der Waals surface area contributed by atoms with E-state index in [9.17, 15) is 0 Å². The molecule has 3 nitrogen and oxygen atoms in total. The zero-order valence-corrected chi connectivity index (χ0v) is 9.86. The first-order valence-corrected chi connectivity index (χ1v) is 5.83. The number of benzene rings is 1. The van der Waals surface area contributed by atoms with E-state index >= 15 is 0 Å². The number of unbranched alkanes of at least 4 members (excludes halogenated alkanes) is 2. The maximum atomic E-state index is 8.61. The molecule has 1 aromatic rings. The third-order valence-electron chi connectivity index (χ3n) is 2.48. The zero-order chi connectivity index (χ0) is 11.8. The van der Waals surface area contributed by atoms with Crippen LogP contribution in [0.2, 0.25) is 0 Å². The Morgan fingerprint density at radius 1 is 1.19 bits per heavy atom. The first-order chi connectivity index (χ1) is 7.74. The quantitative estimate of drug-likeness (QED) is 0.697. The van der Waals surface area contributed by atoms with Crippen molar-refractivity contribution in [2.24, 2.45) is 5.73 Å². The highest BCUT2D eigenvalue weighted by Gasteiger charge is 1.99. The molecule has 3 heteroatoms. The van der Waals surface area contributed by atoms with Crippen molar-refractivity contribution in [1.82, 2.24) is 0 Å². The number of hydrogen-bond acceptors (Lipinski definition) is 3. The Kier molecular flexibility index (Phi) is 5.90. The van der Waals surface area contributed by atoms with Crippen LogP contribution in [-0.2, 0) is 0 Å². The van der Waals surface area contributed by atoms with Crippen LogP contribution in [0.4, 0.5) is 0 Å². The fourth-order valence-corrected chi connectivity index (χ4v) is 1.45. The van der Waals surface area contributed by atoms with Crippen LogP contribution in [0.3, 0.4) is 0 Å². The molecule has 0 aromatic heterocycles. The maximum absolute atomic E-state index is 8.61. The Morgan fingerprint density at radius 2 is 1.88 bits per heavy atom. The minimum atomic E-state index is 0.0682. The van der Waals surface area contributed by atoms with E-state index in [-0.39, 0.29) is 12.6 Å². The molecule has 0 aliphatic heterocycles. The summed E-state index contributed by atoms with van der Waals surface area (Å²) in [6.07, 6.45) is 2.84. The van der Waals surface area contributed by atoms with E-state index in [0.717, 1.165) is 30.6 Å². The van der Waals surface area contributed by atoms with E-state index in [2.05, 4.69) is 0 Å². The van der Waals surface area contributed by atoms with Gasteiger partial charge in [-0.2, -0.15) is 0 Å². The molecule has 0 aliphatic rings. The fourth-order valence-electron chi connectivity index (χ4n) is 1.45. The minimum absolute atomic E-state index is 0.0682. The van der Waals surface area contributed by atoms with Crippen LogP contribution in [0.1, 0.15) is 37.8 Å². The van der Waals surface area contributed by atoms with Gasteiger partial charge in [0.15, 0.2) is 0 Å². The normalized spacial score (nSPS) is 12.4. The average molecular weight is 223 g/mol. The topological polar surface area (TPSA) is 55.5 Å². The van der Waals surface area contributed by atoms with E-state index in [1.54, 1.807) is 0 Å². The molecular formula is C13H21NO2. The van der Waals surface area contributed by atoms with Crippen molar-refractivity contribution in [1.29, 1.82) is 0 Å². The van der Waals surface area contributed by atoms with E-state index in [0.29, 0.717) is 6.61 Å². The fraction of sp³-hybridized carbons (Fsp3) is 0.538. The third kappa shape index (κ3) is 4.64. The molecule has 0 aliphatic carbocycles. The highest BCUT2D eigenvalue weighted by Crippen LogP contribution is 2.16. The van der Waals surface area contributed by atoms with Crippen LogP contribution in [0.15, 0.2) is 24.3 Å². The Hall–Kier alpha value is -1.06. The van der Waals surface area contributed by atoms with E-state index in [1.807, 2.05) is 31.2 Å². The van der Waals surface area contributed by atoms with Gasteiger partial charge in [-0.1, -0.05) is 12.1 Å². The minimum Gasteiger partial charge on any atom is -0.494 e. The summed E-state index contributed by atoms with van der Waals surface area (Å²) in [6.45, 7) is 2.94. The first kappa shape index (κ1) is 13.0. The molecule has 90 valence electrons. The van der Waals surface area contributed by atoms with Gasteiger partial charge in [-0.05, 0) is 43.9 Å². The third-order valence-corrected chi connectivity index (χ3v) is 2.48. The molecule has 3 N–H and O–H groups in total. The monoisotopic (exact) mass is 223 g/mol. The SMILES string of the molecule is CC(N)c1ccc(OCCCCCO)cc1. The standard InChI is InChI=1S/C13H21NO2/c1-11(14)12-5-7-13(8-6-12)16-10-4-2-3-9-15/h5-8,11,15H,2-4,9-10,14H2,1H3. The molecular weight excluding hydrogens is 202 g/mol. The van der Waals surface area contributed by atoms with Crippen LogP contribution in [0, 0.1) is 0 Å². The van der Waals surface area contributed by atoms with Crippen molar-refractivity contribution in [3.05, 3.63) is 29.8 Å². The molecule has 0 radical (unpaired) electrons. The van der Waals surface area contributed by atoms with E-state index < -0.39 is 0 Å². The van der Waals surface area contributed by atoms with Gasteiger partial charge in [0.1, 0.15) is 5.75 Å². The predicted octanol–water partition coefficient (Wildman–Crippen LogP) is 2.25. The molecule has 0 heterocycles. The van der Waals surface area contributed by atoms with Crippen molar-refractivity contribution in [2.45, 2.75) is 32.2 Å². The molecule has 1 atom stereocenters. The van der Waals surface area contributed by atoms with Crippen LogP contribution < -0.4 is 10.5 Å². The van der Waals surface area contributed by atoms with Gasteiger partial charge in [0.2, 0.25) is 0 Å². The number of aliphatic hydroxyl groups is 1. The summed E-state index contributed by atoms with van der Waals surface area (Å²) in [5.41, 5.74) is 6.87. The lowest BCUT2D eigenvalue weighted by atomic mass is 10.1. The van der Waals surface area contributed by atoms with Gasteiger partial charge in [-0.25, -0.2) is 0 Å². The summed E-state index contributed by atoms with van der Waals surface area (Å²) in [7, 11) is 0. The second-order valence-electron chi connectivity index (χ2n) is 3.99. The summed E-state index contributed by atoms with van der Waals surface area (Å²) in [4.78, 5) is 0. The molecule has 0 saturated carbocycles. The van der Waals surface area contributed by atoms with Crippen LogP contribution in [-0.4, -0.2) is 18.3 Å². The molecule has 0 amide bonds. The van der Waals surface area contributed by atoms with Crippen molar-refractivity contribution in [3.8, 4) is 5.75 Å². The Labute approximate surface area is 97.2 Å². The van der Waals surface area contributed by atoms with Crippen molar-refractivity contribution in [2.75, 3.05) is 13.2 Å². The highest BCUT2D eigenvalue weighted by atomic mass is 16.5. The largest absolute Gasteiger partial charge is 0.494 e. The van der Waals surface area contributed by atoms with Gasteiger partial charge in [-0.15, -0.1) is 0 Å². The van der Waals surface area contributed by atoms with Gasteiger partial charge < -0.3 is 15.6 Å². The van der Waals surface area contributed by atoms with Crippen LogP contribution in [0.25, 0.3) is 0 Å². The molecule has 0 fully saturated rings. The lowest BCUT2D eigenvalue weighted by Gasteiger charge is -2.08. The second-order valence-corrected chi connectivity index (χ2v) is 3.99. The molecule has 1 unspecified atom stereocenters. The Morgan fingerprint density at radius 3 is 2.44 bits per heavy atom. The highest BCUT2D eigenvalue weighted by molar-refractivity contribution is 5.28. The Bertz CT molecular complexity index is 282. The summed E-state index contributed by atoms with van der Waals surface area (Å²) in [5.74, 6) is 0.883. The summed E-state index contributed by atoms with van der Waals surface area (Å²) >= 11 is 0. The van der Waals surface area contributed by atoms with Gasteiger partial charge in [-0.3, -0.25) is 0 Å². The summed E-state index contributed by atoms with van der Waals surface area (Å²) in [6, 6.07) is 7.95. The van der Waals surface area contributed by atoms with Gasteiger partial charge in [0.25, 0.3) is 0 Å². The van der Waals surface area contributed by atoms with Gasteiger partial charge >= 0.3 is 0 Å².